The summed E-state index contributed by atoms with van der Waals surface area (Å²) >= 11 is 0. The molecule has 1 aliphatic heterocycles. The summed E-state index contributed by atoms with van der Waals surface area (Å²) in [5, 5.41) is 11.0. The van der Waals surface area contributed by atoms with Crippen LogP contribution in [0.1, 0.15) is 24.8 Å². The van der Waals surface area contributed by atoms with Crippen molar-refractivity contribution in [2.45, 2.75) is 19.3 Å². The van der Waals surface area contributed by atoms with Gasteiger partial charge in [-0.3, -0.25) is 14.9 Å². The fourth-order valence-electron chi connectivity index (χ4n) is 2.03. The molecule has 0 fully saturated rings. The zero-order valence-electron chi connectivity index (χ0n) is 10.5. The predicted octanol–water partition coefficient (Wildman–Crippen LogP) is 1.99. The molecular weight excluding hydrogens is 254 g/mol. The minimum atomic E-state index is -0.557. The van der Waals surface area contributed by atoms with Crippen molar-refractivity contribution >= 4 is 11.7 Å². The van der Waals surface area contributed by atoms with Crippen molar-refractivity contribution in [3.05, 3.63) is 27.8 Å². The molecule has 7 heteroatoms. The lowest BCUT2D eigenvalue weighted by molar-refractivity contribution is -0.385. The fraction of sp³-hybridized carbons (Fsp3) is 0.417. The van der Waals surface area contributed by atoms with E-state index in [1.54, 1.807) is 13.0 Å². The summed E-state index contributed by atoms with van der Waals surface area (Å²) in [6.45, 7) is 1.74. The molecule has 0 saturated heterocycles. The first-order valence-corrected chi connectivity index (χ1v) is 5.74. The van der Waals surface area contributed by atoms with Gasteiger partial charge in [-0.1, -0.05) is 6.92 Å². The second-order valence-corrected chi connectivity index (χ2v) is 4.01. The number of carbonyl (C=O) groups is 1. The smallest absolute Gasteiger partial charge is 0.315 e. The first-order chi connectivity index (χ1) is 9.08. The molecule has 0 saturated carbocycles. The molecule has 0 N–H and O–H groups in total. The summed E-state index contributed by atoms with van der Waals surface area (Å²) in [6, 6.07) is 2.92. The van der Waals surface area contributed by atoms with Gasteiger partial charge < -0.3 is 14.2 Å². The number of rotatable bonds is 4. The topological polar surface area (TPSA) is 87.9 Å². The van der Waals surface area contributed by atoms with Gasteiger partial charge in [-0.15, -0.1) is 0 Å². The molecule has 0 amide bonds. The Kier molecular flexibility index (Phi) is 3.55. The number of hydrogen-bond donors (Lipinski definition) is 0. The van der Waals surface area contributed by atoms with Crippen molar-refractivity contribution in [3.8, 4) is 11.5 Å². The van der Waals surface area contributed by atoms with Gasteiger partial charge in [-0.25, -0.2) is 0 Å². The van der Waals surface area contributed by atoms with Crippen LogP contribution >= 0.6 is 0 Å². The second-order valence-electron chi connectivity index (χ2n) is 4.01. The van der Waals surface area contributed by atoms with Crippen molar-refractivity contribution < 1.29 is 23.9 Å². The Morgan fingerprint density at radius 3 is 2.84 bits per heavy atom. The van der Waals surface area contributed by atoms with Crippen LogP contribution in [0.25, 0.3) is 0 Å². The summed E-state index contributed by atoms with van der Waals surface area (Å²) in [4.78, 5) is 22.1. The molecule has 1 aromatic carbocycles. The highest BCUT2D eigenvalue weighted by Crippen LogP contribution is 2.43. The Labute approximate surface area is 109 Å². The summed E-state index contributed by atoms with van der Waals surface area (Å²) in [7, 11) is 1.28. The number of nitro benzene ring substituents is 1. The number of hydrogen-bond acceptors (Lipinski definition) is 6. The van der Waals surface area contributed by atoms with Gasteiger partial charge in [0.15, 0.2) is 5.75 Å². The summed E-state index contributed by atoms with van der Waals surface area (Å²) < 4.78 is 14.9. The van der Waals surface area contributed by atoms with Crippen LogP contribution in [0.15, 0.2) is 12.1 Å². The van der Waals surface area contributed by atoms with Crippen molar-refractivity contribution in [1.82, 2.24) is 0 Å². The van der Waals surface area contributed by atoms with Gasteiger partial charge in [0, 0.05) is 6.07 Å². The summed E-state index contributed by atoms with van der Waals surface area (Å²) in [5.41, 5.74) is 0.289. The van der Waals surface area contributed by atoms with Crippen molar-refractivity contribution in [2.24, 2.45) is 0 Å². The molecule has 2 rings (SSSR count). The van der Waals surface area contributed by atoms with Crippen LogP contribution in [-0.2, 0) is 9.53 Å². The molecule has 0 aromatic heterocycles. The third kappa shape index (κ3) is 2.31. The number of ether oxygens (including phenoxy) is 3. The number of nitro groups is 1. The average Bonchev–Trinajstić information content (AvgIpc) is 2.86. The van der Waals surface area contributed by atoms with Crippen LogP contribution in [0, 0.1) is 10.1 Å². The van der Waals surface area contributed by atoms with Crippen LogP contribution in [0.4, 0.5) is 5.69 Å². The molecule has 0 aliphatic carbocycles. The van der Waals surface area contributed by atoms with Gasteiger partial charge in [0.05, 0.1) is 18.0 Å². The monoisotopic (exact) mass is 267 g/mol. The van der Waals surface area contributed by atoms with Gasteiger partial charge in [0.1, 0.15) is 0 Å². The molecule has 0 radical (unpaired) electrons. The fourth-order valence-corrected chi connectivity index (χ4v) is 2.03. The van der Waals surface area contributed by atoms with E-state index in [1.807, 2.05) is 0 Å². The Morgan fingerprint density at radius 1 is 1.53 bits per heavy atom. The number of nitrogens with zero attached hydrogens (tertiary/aromatic N) is 1. The van der Waals surface area contributed by atoms with Crippen molar-refractivity contribution in [1.29, 1.82) is 0 Å². The van der Waals surface area contributed by atoms with Crippen LogP contribution in [0.2, 0.25) is 0 Å². The number of methoxy groups -OCH3 is 1. The quantitative estimate of drug-likeness (QED) is 0.471. The molecule has 1 unspecified atom stereocenters. The van der Waals surface area contributed by atoms with E-state index in [0.29, 0.717) is 12.0 Å². The van der Waals surface area contributed by atoms with E-state index < -0.39 is 16.8 Å². The Bertz CT molecular complexity index is 527. The average molecular weight is 267 g/mol. The van der Waals surface area contributed by atoms with Gasteiger partial charge in [-0.05, 0) is 18.1 Å². The third-order valence-electron chi connectivity index (χ3n) is 2.97. The number of carbonyl (C=O) groups excluding carboxylic acids is 1. The SMILES string of the molecule is CCC(C(=O)OC)c1cc2c(c([N+](=O)[O-])c1)OCO2. The molecule has 1 aromatic rings. The van der Waals surface area contributed by atoms with Crippen LogP contribution < -0.4 is 9.47 Å². The van der Waals surface area contributed by atoms with E-state index in [-0.39, 0.29) is 24.0 Å². The van der Waals surface area contributed by atoms with E-state index >= 15 is 0 Å². The van der Waals surface area contributed by atoms with Gasteiger partial charge in [-0.2, -0.15) is 0 Å². The number of benzene rings is 1. The molecule has 0 bridgehead atoms. The summed E-state index contributed by atoms with van der Waals surface area (Å²) in [6.07, 6.45) is 0.476. The van der Waals surface area contributed by atoms with Crippen LogP contribution in [0.3, 0.4) is 0 Å². The molecule has 19 heavy (non-hydrogen) atoms. The highest BCUT2D eigenvalue weighted by Gasteiger charge is 2.30. The van der Waals surface area contributed by atoms with Gasteiger partial charge >= 0.3 is 11.7 Å². The molecule has 102 valence electrons. The highest BCUT2D eigenvalue weighted by atomic mass is 16.7. The van der Waals surface area contributed by atoms with E-state index in [4.69, 9.17) is 14.2 Å². The van der Waals surface area contributed by atoms with Crippen LogP contribution in [0.5, 0.6) is 11.5 Å². The maximum Gasteiger partial charge on any atom is 0.315 e. The molecule has 7 nitrogen and oxygen atoms in total. The van der Waals surface area contributed by atoms with Gasteiger partial charge in [0.2, 0.25) is 12.5 Å². The first-order valence-electron chi connectivity index (χ1n) is 5.74. The lowest BCUT2D eigenvalue weighted by Crippen LogP contribution is -2.13. The van der Waals surface area contributed by atoms with E-state index in [1.165, 1.54) is 13.2 Å². The van der Waals surface area contributed by atoms with E-state index in [0.717, 1.165) is 0 Å². The van der Waals surface area contributed by atoms with Crippen molar-refractivity contribution in [2.75, 3.05) is 13.9 Å². The predicted molar refractivity (Wildman–Crippen MR) is 64.3 cm³/mol. The zero-order valence-corrected chi connectivity index (χ0v) is 10.5. The minimum Gasteiger partial charge on any atom is -0.469 e. The largest absolute Gasteiger partial charge is 0.469 e. The highest BCUT2D eigenvalue weighted by molar-refractivity contribution is 5.79. The Hall–Kier alpha value is -2.31. The third-order valence-corrected chi connectivity index (χ3v) is 2.97. The molecule has 1 heterocycles. The van der Waals surface area contributed by atoms with Crippen molar-refractivity contribution in [3.63, 3.8) is 0 Å². The van der Waals surface area contributed by atoms with Gasteiger partial charge in [0.25, 0.3) is 0 Å². The normalized spacial score (nSPS) is 14.0. The Balaban J connectivity index is 2.50. The zero-order chi connectivity index (χ0) is 14.0. The maximum absolute atomic E-state index is 11.7. The number of esters is 1. The maximum atomic E-state index is 11.7. The molecule has 1 atom stereocenters. The standard InChI is InChI=1S/C12H13NO6/c1-3-8(12(14)17-2)7-4-9(13(15)16)11-10(5-7)18-6-19-11/h4-5,8H,3,6H2,1-2H3. The lowest BCUT2D eigenvalue weighted by atomic mass is 9.95. The minimum absolute atomic E-state index is 0.0609. The first kappa shape index (κ1) is 13.1. The van der Waals surface area contributed by atoms with E-state index in [9.17, 15) is 14.9 Å². The number of fused-ring (bicyclic) bond motifs is 1. The molecule has 0 spiro atoms. The Morgan fingerprint density at radius 2 is 2.26 bits per heavy atom. The second kappa shape index (κ2) is 5.13. The lowest BCUT2D eigenvalue weighted by Gasteiger charge is -2.13. The van der Waals surface area contributed by atoms with Crippen LogP contribution in [-0.4, -0.2) is 24.8 Å². The molecule has 1 aliphatic rings. The summed E-state index contributed by atoms with van der Waals surface area (Å²) in [5.74, 6) is -0.603. The molecular formula is C12H13NO6. The van der Waals surface area contributed by atoms with E-state index in [2.05, 4.69) is 0 Å².